The van der Waals surface area contributed by atoms with Gasteiger partial charge in [0, 0.05) is 27.6 Å². The van der Waals surface area contributed by atoms with Crippen molar-refractivity contribution < 1.29 is 4.42 Å². The first-order chi connectivity index (χ1) is 24.8. The average molecular weight is 642 g/mol. The monoisotopic (exact) mass is 641 g/mol. The second-order valence-electron chi connectivity index (χ2n) is 13.0. The molecule has 0 spiro atoms. The number of allylic oxidation sites excluding steroid dienone is 7. The molecular weight excluding hydrogens is 611 g/mol. The van der Waals surface area contributed by atoms with E-state index in [0.717, 1.165) is 58.3 Å². The van der Waals surface area contributed by atoms with Gasteiger partial charge >= 0.3 is 0 Å². The number of fused-ring (bicyclic) bond motifs is 9. The lowest BCUT2D eigenvalue weighted by Crippen LogP contribution is -2.03. The average Bonchev–Trinajstić information content (AvgIpc) is 3.42. The van der Waals surface area contributed by atoms with Gasteiger partial charge in [0.05, 0.1) is 0 Å². The molecule has 4 heteroatoms. The quantitative estimate of drug-likeness (QED) is 0.179. The third kappa shape index (κ3) is 4.72. The Hall–Kier alpha value is -6.39. The molecule has 2 aromatic heterocycles. The van der Waals surface area contributed by atoms with Gasteiger partial charge in [-0.05, 0) is 80.9 Å². The molecule has 0 saturated heterocycles. The van der Waals surface area contributed by atoms with E-state index in [1.807, 2.05) is 42.5 Å². The van der Waals surface area contributed by atoms with Crippen LogP contribution in [0, 0.1) is 0 Å². The van der Waals surface area contributed by atoms with Crippen LogP contribution in [0.15, 0.2) is 150 Å². The number of furan rings is 1. The maximum Gasteiger partial charge on any atom is 0.164 e. The second-order valence-corrected chi connectivity index (χ2v) is 13.0. The van der Waals surface area contributed by atoms with Crippen molar-refractivity contribution in [2.75, 3.05) is 0 Å². The van der Waals surface area contributed by atoms with E-state index in [0.29, 0.717) is 17.5 Å². The lowest BCUT2D eigenvalue weighted by molar-refractivity contribution is 0.600. The molecule has 8 aromatic rings. The molecule has 0 saturated carbocycles. The fourth-order valence-electron chi connectivity index (χ4n) is 7.62. The predicted molar refractivity (Wildman–Crippen MR) is 206 cm³/mol. The number of hydrogen-bond donors (Lipinski definition) is 0. The van der Waals surface area contributed by atoms with Crippen LogP contribution in [0.25, 0.3) is 83.3 Å². The molecule has 2 aliphatic carbocycles. The Kier molecular flexibility index (Phi) is 6.66. The molecule has 0 radical (unpaired) electrons. The van der Waals surface area contributed by atoms with Crippen molar-refractivity contribution in [2.24, 2.45) is 0 Å². The van der Waals surface area contributed by atoms with E-state index in [2.05, 4.69) is 109 Å². The van der Waals surface area contributed by atoms with E-state index in [1.54, 1.807) is 0 Å². The number of nitrogens with zero attached hydrogens (tertiary/aromatic N) is 3. The van der Waals surface area contributed by atoms with Crippen LogP contribution in [0.5, 0.6) is 0 Å². The van der Waals surface area contributed by atoms with Crippen LogP contribution >= 0.6 is 0 Å². The van der Waals surface area contributed by atoms with Gasteiger partial charge in [0.1, 0.15) is 11.3 Å². The fraction of sp³-hybridized carbons (Fsp3) is 0.0652. The molecule has 0 atom stereocenters. The van der Waals surface area contributed by atoms with Gasteiger partial charge in [-0.1, -0.05) is 134 Å². The van der Waals surface area contributed by atoms with Crippen LogP contribution in [0.4, 0.5) is 0 Å². The summed E-state index contributed by atoms with van der Waals surface area (Å²) in [6, 6.07) is 40.7. The molecule has 10 rings (SSSR count). The van der Waals surface area contributed by atoms with Crippen LogP contribution in [0.3, 0.4) is 0 Å². The molecule has 0 aliphatic heterocycles. The maximum atomic E-state index is 6.54. The summed E-state index contributed by atoms with van der Waals surface area (Å²) in [5.74, 6) is 2.87. The molecule has 6 aromatic carbocycles. The zero-order chi connectivity index (χ0) is 33.0. The first-order valence-electron chi connectivity index (χ1n) is 17.2. The smallest absolute Gasteiger partial charge is 0.164 e. The third-order valence-corrected chi connectivity index (χ3v) is 10.0. The largest absolute Gasteiger partial charge is 0.456 e. The highest BCUT2D eigenvalue weighted by atomic mass is 16.3. The highest BCUT2D eigenvalue weighted by Gasteiger charge is 2.21. The van der Waals surface area contributed by atoms with E-state index >= 15 is 0 Å². The number of rotatable bonds is 4. The number of hydrogen-bond acceptors (Lipinski definition) is 4. The van der Waals surface area contributed by atoms with Gasteiger partial charge in [0.25, 0.3) is 0 Å². The molecule has 0 amide bonds. The lowest BCUT2D eigenvalue weighted by atomic mass is 9.92. The highest BCUT2D eigenvalue weighted by Crippen LogP contribution is 2.40. The topological polar surface area (TPSA) is 51.8 Å². The van der Waals surface area contributed by atoms with E-state index in [-0.39, 0.29) is 0 Å². The predicted octanol–water partition coefficient (Wildman–Crippen LogP) is 11.8. The van der Waals surface area contributed by atoms with Gasteiger partial charge < -0.3 is 4.42 Å². The SMILES string of the molecule is C1=CC(c2nc(-c3ccccc3)nc(-c3cccc4oc5c(c34)CC=C(c3ccc4c6ccccc6c6ccccc6c4c3)C=C5)n2)=CCC1. The molecule has 236 valence electrons. The van der Waals surface area contributed by atoms with Gasteiger partial charge in [-0.2, -0.15) is 0 Å². The minimum atomic E-state index is 0.647. The Morgan fingerprint density at radius 1 is 0.480 bits per heavy atom. The number of aromatic nitrogens is 3. The Labute approximate surface area is 289 Å². The van der Waals surface area contributed by atoms with Crippen molar-refractivity contribution in [3.8, 4) is 22.8 Å². The van der Waals surface area contributed by atoms with Gasteiger partial charge in [-0.25, -0.2) is 15.0 Å². The summed E-state index contributed by atoms with van der Waals surface area (Å²) < 4.78 is 6.54. The van der Waals surface area contributed by atoms with Crippen LogP contribution in [0.2, 0.25) is 0 Å². The molecule has 0 bridgehead atoms. The summed E-state index contributed by atoms with van der Waals surface area (Å²) in [5, 5.41) is 8.71. The van der Waals surface area contributed by atoms with Gasteiger partial charge in [-0.3, -0.25) is 0 Å². The summed E-state index contributed by atoms with van der Waals surface area (Å²) in [6.45, 7) is 0. The van der Waals surface area contributed by atoms with E-state index < -0.39 is 0 Å². The molecule has 2 aliphatic rings. The maximum absolute atomic E-state index is 6.54. The van der Waals surface area contributed by atoms with Crippen LogP contribution < -0.4 is 0 Å². The molecule has 50 heavy (non-hydrogen) atoms. The molecule has 0 unspecified atom stereocenters. The summed E-state index contributed by atoms with van der Waals surface area (Å²) in [6.07, 6.45) is 15.9. The fourth-order valence-corrected chi connectivity index (χ4v) is 7.62. The van der Waals surface area contributed by atoms with Gasteiger partial charge in [-0.15, -0.1) is 0 Å². The molecule has 4 nitrogen and oxygen atoms in total. The Morgan fingerprint density at radius 2 is 1.18 bits per heavy atom. The van der Waals surface area contributed by atoms with Crippen molar-refractivity contribution in [2.45, 2.75) is 19.3 Å². The van der Waals surface area contributed by atoms with E-state index in [4.69, 9.17) is 19.4 Å². The molecule has 0 N–H and O–H groups in total. The molecular formula is C46H31N3O. The summed E-state index contributed by atoms with van der Waals surface area (Å²) in [5.41, 5.74) is 7.27. The Bertz CT molecular complexity index is 2750. The van der Waals surface area contributed by atoms with Crippen LogP contribution in [-0.2, 0) is 6.42 Å². The summed E-state index contributed by atoms with van der Waals surface area (Å²) >= 11 is 0. The van der Waals surface area contributed by atoms with Crippen molar-refractivity contribution in [3.63, 3.8) is 0 Å². The van der Waals surface area contributed by atoms with Gasteiger partial charge in [0.15, 0.2) is 17.5 Å². The van der Waals surface area contributed by atoms with E-state index in [1.165, 1.54) is 43.5 Å². The molecule has 0 fully saturated rings. The zero-order valence-corrected chi connectivity index (χ0v) is 27.3. The first-order valence-corrected chi connectivity index (χ1v) is 17.2. The van der Waals surface area contributed by atoms with Crippen molar-refractivity contribution in [1.29, 1.82) is 0 Å². The van der Waals surface area contributed by atoms with Crippen molar-refractivity contribution in [1.82, 2.24) is 15.0 Å². The standard InChI is InChI=1S/C46H31N3O/c1-3-12-30(13-4-1)44-47-45(31-14-5-2-6-15-31)49-46(48-44)39-20-11-21-42-43(39)38-26-22-29(24-27-41(38)50-42)32-23-25-37-35-18-8-7-16-33(35)34-17-9-10-19-36(34)40(37)28-32/h1,3-5,7-25,27-28H,2,6,26H2. The first kappa shape index (κ1) is 28.6. The summed E-state index contributed by atoms with van der Waals surface area (Å²) in [7, 11) is 0. The zero-order valence-electron chi connectivity index (χ0n) is 27.3. The van der Waals surface area contributed by atoms with E-state index in [9.17, 15) is 0 Å². The lowest BCUT2D eigenvalue weighted by Gasteiger charge is -2.12. The van der Waals surface area contributed by atoms with Crippen LogP contribution in [-0.4, -0.2) is 15.0 Å². The summed E-state index contributed by atoms with van der Waals surface area (Å²) in [4.78, 5) is 15.1. The minimum Gasteiger partial charge on any atom is -0.456 e. The normalized spacial score (nSPS) is 14.2. The highest BCUT2D eigenvalue weighted by molar-refractivity contribution is 6.25. The van der Waals surface area contributed by atoms with Crippen molar-refractivity contribution in [3.05, 3.63) is 168 Å². The van der Waals surface area contributed by atoms with Gasteiger partial charge in [0.2, 0.25) is 0 Å². The Balaban J connectivity index is 1.10. The van der Waals surface area contributed by atoms with Crippen LogP contribution in [0.1, 0.15) is 35.6 Å². The number of benzene rings is 6. The molecule has 2 heterocycles. The second kappa shape index (κ2) is 11.6. The van der Waals surface area contributed by atoms with Crippen molar-refractivity contribution >= 4 is 60.5 Å². The minimum absolute atomic E-state index is 0.647. The Morgan fingerprint density at radius 3 is 1.94 bits per heavy atom. The third-order valence-electron chi connectivity index (χ3n) is 10.0.